The number of carbonyl (C=O) groups is 4. The Kier molecular flexibility index (Phi) is 12.4. The molecule has 5 heterocycles. The highest BCUT2D eigenvalue weighted by atomic mass is 16.8. The van der Waals surface area contributed by atoms with Gasteiger partial charge < -0.3 is 37.9 Å². The van der Waals surface area contributed by atoms with Crippen molar-refractivity contribution in [3.05, 3.63) is 0 Å². The summed E-state index contributed by atoms with van der Waals surface area (Å²) < 4.78 is 37.9. The molecule has 2 bridgehead atoms. The molecule has 7 fully saturated rings. The van der Waals surface area contributed by atoms with Crippen molar-refractivity contribution in [3.63, 3.8) is 0 Å². The normalized spacial score (nSPS) is 33.3. The number of esters is 1. The Morgan fingerprint density at radius 3 is 1.68 bits per heavy atom. The summed E-state index contributed by atoms with van der Waals surface area (Å²) in [6.45, 7) is 14.3. The van der Waals surface area contributed by atoms with E-state index < -0.39 is 36.6 Å². The minimum Gasteiger partial charge on any atom is -0.459 e. The molecule has 5 saturated heterocycles. The van der Waals surface area contributed by atoms with Crippen LogP contribution in [0, 0.1) is 17.3 Å². The van der Waals surface area contributed by atoms with Gasteiger partial charge in [0.2, 0.25) is 6.10 Å². The molecule has 0 amide bonds. The molecule has 12 heteroatoms. The lowest BCUT2D eigenvalue weighted by Crippen LogP contribution is -2.43. The predicted molar refractivity (Wildman–Crippen MR) is 131 cm³/mol. The van der Waals surface area contributed by atoms with Crippen LogP contribution in [0.2, 0.25) is 0 Å². The molecule has 6 unspecified atom stereocenters. The quantitative estimate of drug-likeness (QED) is 0.314. The highest BCUT2D eigenvalue weighted by Crippen LogP contribution is 2.56. The molecule has 218 valence electrons. The fourth-order valence-corrected chi connectivity index (χ4v) is 5.37. The van der Waals surface area contributed by atoms with E-state index in [0.29, 0.717) is 26.4 Å². The third-order valence-corrected chi connectivity index (χ3v) is 6.96. The Hall–Kier alpha value is -2.76. The second-order valence-electron chi connectivity index (χ2n) is 8.94. The molecule has 38 heavy (non-hydrogen) atoms. The van der Waals surface area contributed by atoms with Gasteiger partial charge in [0, 0.05) is 5.41 Å². The fourth-order valence-electron chi connectivity index (χ4n) is 5.37. The number of hydrogen-bond donors (Lipinski definition) is 0. The van der Waals surface area contributed by atoms with Gasteiger partial charge in [-0.1, -0.05) is 48.0 Å². The van der Waals surface area contributed by atoms with E-state index in [1.54, 1.807) is 0 Å². The minimum absolute atomic E-state index is 0.120. The predicted octanol–water partition coefficient (Wildman–Crippen LogP) is 4.41. The van der Waals surface area contributed by atoms with Crippen LogP contribution < -0.4 is 0 Å². The standard InChI is InChI=1S/C10H14O3.C5H4O5.C5H6O4.3C2H6/c11-9-12-5-10(6-13-9)4-7-1-2-8(10)3-7;6-4-3-2(1-8-4)9-5(7)10-3;6-5-8-3-1-7-2-4(3)9-5;3*1-2/h7-8H,1-6H2;2-3H,1H2;3-4H,1-2H2;3*1-2H3. The van der Waals surface area contributed by atoms with Crippen LogP contribution >= 0.6 is 0 Å². The minimum atomic E-state index is -0.813. The molecule has 7 rings (SSSR count). The number of fused-ring (bicyclic) bond motifs is 5. The average Bonchev–Trinajstić information content (AvgIpc) is 3.78. The van der Waals surface area contributed by atoms with Gasteiger partial charge in [-0.25, -0.2) is 19.2 Å². The van der Waals surface area contributed by atoms with Crippen molar-refractivity contribution in [2.24, 2.45) is 17.3 Å². The molecule has 12 nitrogen and oxygen atoms in total. The first kappa shape index (κ1) is 31.5. The molecule has 7 aliphatic rings. The molecule has 0 aromatic rings. The third-order valence-electron chi connectivity index (χ3n) is 6.96. The second-order valence-corrected chi connectivity index (χ2v) is 8.94. The van der Waals surface area contributed by atoms with Crippen molar-refractivity contribution in [2.75, 3.05) is 33.0 Å². The fraction of sp³-hybridized carbons (Fsp3) is 0.846. The van der Waals surface area contributed by atoms with Crippen LogP contribution in [0.1, 0.15) is 67.2 Å². The van der Waals surface area contributed by atoms with Gasteiger partial charge in [-0.3, -0.25) is 0 Å². The van der Waals surface area contributed by atoms with Crippen molar-refractivity contribution in [3.8, 4) is 0 Å². The second kappa shape index (κ2) is 15.0. The molecule has 0 radical (unpaired) electrons. The summed E-state index contributed by atoms with van der Waals surface area (Å²) in [7, 11) is 0. The van der Waals surface area contributed by atoms with Gasteiger partial charge in [0.15, 0.2) is 18.3 Å². The van der Waals surface area contributed by atoms with Gasteiger partial charge in [0.25, 0.3) is 0 Å². The van der Waals surface area contributed by atoms with Crippen LogP contribution in [0.3, 0.4) is 0 Å². The van der Waals surface area contributed by atoms with Gasteiger partial charge in [-0.2, -0.15) is 0 Å². The molecule has 0 N–H and O–H groups in total. The lowest BCUT2D eigenvalue weighted by molar-refractivity contribution is -0.144. The first-order valence-corrected chi connectivity index (χ1v) is 13.7. The number of ether oxygens (including phenoxy) is 8. The lowest BCUT2D eigenvalue weighted by Gasteiger charge is -2.38. The van der Waals surface area contributed by atoms with Crippen molar-refractivity contribution in [1.29, 1.82) is 0 Å². The summed E-state index contributed by atoms with van der Waals surface area (Å²) in [5, 5.41) is 0. The maximum Gasteiger partial charge on any atom is 0.509 e. The molecular formula is C26H42O12. The molecule has 2 aliphatic carbocycles. The molecular weight excluding hydrogens is 504 g/mol. The van der Waals surface area contributed by atoms with Crippen LogP contribution in [0.15, 0.2) is 0 Å². The van der Waals surface area contributed by atoms with E-state index in [1.807, 2.05) is 41.5 Å². The molecule has 0 aromatic heterocycles. The van der Waals surface area contributed by atoms with Gasteiger partial charge >= 0.3 is 24.4 Å². The monoisotopic (exact) mass is 546 g/mol. The van der Waals surface area contributed by atoms with Crippen LogP contribution in [0.4, 0.5) is 14.4 Å². The van der Waals surface area contributed by atoms with Crippen LogP contribution in [-0.2, 0) is 42.7 Å². The first-order valence-electron chi connectivity index (χ1n) is 13.7. The van der Waals surface area contributed by atoms with E-state index in [4.69, 9.17) is 23.7 Å². The van der Waals surface area contributed by atoms with E-state index in [-0.39, 0.29) is 24.2 Å². The highest BCUT2D eigenvalue weighted by Gasteiger charge is 2.54. The zero-order valence-corrected chi connectivity index (χ0v) is 23.2. The molecule has 5 aliphatic heterocycles. The van der Waals surface area contributed by atoms with E-state index in [9.17, 15) is 19.2 Å². The van der Waals surface area contributed by atoms with E-state index in [2.05, 4.69) is 14.2 Å². The third kappa shape index (κ3) is 7.42. The number of hydrogen-bond acceptors (Lipinski definition) is 12. The summed E-state index contributed by atoms with van der Waals surface area (Å²) >= 11 is 0. The lowest BCUT2D eigenvalue weighted by atomic mass is 9.74. The summed E-state index contributed by atoms with van der Waals surface area (Å²) in [5.74, 6) is 1.12. The van der Waals surface area contributed by atoms with E-state index in [1.165, 1.54) is 25.7 Å². The van der Waals surface area contributed by atoms with E-state index >= 15 is 0 Å². The Morgan fingerprint density at radius 1 is 0.632 bits per heavy atom. The van der Waals surface area contributed by atoms with Crippen molar-refractivity contribution in [1.82, 2.24) is 0 Å². The SMILES string of the molecule is CC.CC.CC.O=C1OC2COC(=O)C2O1.O=C1OC2COCC2O1.O=C1OCC2(CO1)CC1CCC2C1. The smallest absolute Gasteiger partial charge is 0.459 e. The van der Waals surface area contributed by atoms with Gasteiger partial charge in [0.1, 0.15) is 19.8 Å². The molecule has 0 aromatic carbocycles. The average molecular weight is 547 g/mol. The van der Waals surface area contributed by atoms with Crippen LogP contribution in [0.5, 0.6) is 0 Å². The van der Waals surface area contributed by atoms with Crippen LogP contribution in [0.25, 0.3) is 0 Å². The molecule has 1 spiro atoms. The molecule has 6 atom stereocenters. The topological polar surface area (TPSA) is 142 Å². The van der Waals surface area contributed by atoms with Gasteiger partial charge in [0.05, 0.1) is 13.2 Å². The van der Waals surface area contributed by atoms with Crippen molar-refractivity contribution >= 4 is 24.4 Å². The zero-order valence-electron chi connectivity index (χ0n) is 23.2. The largest absolute Gasteiger partial charge is 0.509 e. The summed E-state index contributed by atoms with van der Waals surface area (Å²) in [5.41, 5.74) is 0.205. The van der Waals surface area contributed by atoms with E-state index in [0.717, 1.165) is 11.8 Å². The Labute approximate surface area is 223 Å². The Bertz CT molecular complexity index is 775. The number of cyclic esters (lactones) is 3. The Balaban J connectivity index is 0.000000185. The summed E-state index contributed by atoms with van der Waals surface area (Å²) in [6, 6.07) is 0. The first-order chi connectivity index (χ1) is 18.4. The summed E-state index contributed by atoms with van der Waals surface area (Å²) in [6.07, 6.45) is 1.80. The van der Waals surface area contributed by atoms with Gasteiger partial charge in [-0.15, -0.1) is 0 Å². The maximum atomic E-state index is 10.8. The van der Waals surface area contributed by atoms with Crippen molar-refractivity contribution < 1.29 is 57.1 Å². The zero-order chi connectivity index (χ0) is 28.3. The van der Waals surface area contributed by atoms with Crippen LogP contribution in [-0.4, -0.2) is 81.9 Å². The number of carbonyl (C=O) groups excluding carboxylic acids is 4. The highest BCUT2D eigenvalue weighted by molar-refractivity contribution is 5.82. The Morgan fingerprint density at radius 2 is 1.18 bits per heavy atom. The number of rotatable bonds is 0. The van der Waals surface area contributed by atoms with Gasteiger partial charge in [-0.05, 0) is 31.1 Å². The molecule has 2 saturated carbocycles. The van der Waals surface area contributed by atoms with Crippen molar-refractivity contribution in [2.45, 2.75) is 91.6 Å². The maximum absolute atomic E-state index is 10.8. The summed E-state index contributed by atoms with van der Waals surface area (Å²) in [4.78, 5) is 42.1.